The Labute approximate surface area is 129 Å². The van der Waals surface area contributed by atoms with Crippen LogP contribution in [0.2, 0.25) is 0 Å². The van der Waals surface area contributed by atoms with Crippen molar-refractivity contribution in [2.24, 2.45) is 17.3 Å². The molecule has 3 rings (SSSR count). The van der Waals surface area contributed by atoms with Crippen molar-refractivity contribution in [2.45, 2.75) is 51.4 Å². The molecule has 1 aliphatic heterocycles. The lowest BCUT2D eigenvalue weighted by Gasteiger charge is -2.32. The first-order valence-corrected chi connectivity index (χ1v) is 8.18. The number of amides is 1. The molecule has 0 radical (unpaired) electrons. The standard InChI is InChI=1S/C16H28N2O.ClH/c1-17-9-4-13-5-10-18(11-6-13)15(19)14-12-16(14)7-2-3-8-16;/h13-14,17H,2-12H2,1H3;1H. The van der Waals surface area contributed by atoms with Crippen molar-refractivity contribution in [3.8, 4) is 0 Å². The molecular weight excluding hydrogens is 272 g/mol. The van der Waals surface area contributed by atoms with E-state index in [0.29, 0.717) is 17.2 Å². The van der Waals surface area contributed by atoms with Crippen LogP contribution in [0.25, 0.3) is 0 Å². The first-order chi connectivity index (χ1) is 9.25. The maximum absolute atomic E-state index is 12.6. The van der Waals surface area contributed by atoms with Crippen molar-refractivity contribution in [1.29, 1.82) is 0 Å². The summed E-state index contributed by atoms with van der Waals surface area (Å²) in [4.78, 5) is 14.7. The van der Waals surface area contributed by atoms with Crippen LogP contribution in [0.4, 0.5) is 0 Å². The van der Waals surface area contributed by atoms with E-state index in [1.807, 2.05) is 7.05 Å². The SMILES string of the molecule is CNCCC1CCN(C(=O)C2CC23CCCC3)CC1.Cl. The van der Waals surface area contributed by atoms with Crippen LogP contribution in [0.1, 0.15) is 51.4 Å². The molecule has 4 heteroatoms. The first-order valence-electron chi connectivity index (χ1n) is 8.18. The predicted molar refractivity (Wildman–Crippen MR) is 84.1 cm³/mol. The van der Waals surface area contributed by atoms with Gasteiger partial charge in [0, 0.05) is 19.0 Å². The lowest BCUT2D eigenvalue weighted by atomic mass is 9.93. The largest absolute Gasteiger partial charge is 0.342 e. The average Bonchev–Trinajstić information content (AvgIpc) is 2.93. The Bertz CT molecular complexity index is 333. The number of nitrogens with zero attached hydrogens (tertiary/aromatic N) is 1. The number of nitrogens with one attached hydrogen (secondary N) is 1. The number of hydrogen-bond donors (Lipinski definition) is 1. The van der Waals surface area contributed by atoms with Gasteiger partial charge >= 0.3 is 0 Å². The van der Waals surface area contributed by atoms with Crippen LogP contribution in [-0.4, -0.2) is 37.5 Å². The molecule has 2 aliphatic carbocycles. The number of rotatable bonds is 4. The van der Waals surface area contributed by atoms with Crippen molar-refractivity contribution in [3.05, 3.63) is 0 Å². The molecule has 1 spiro atoms. The van der Waals surface area contributed by atoms with E-state index >= 15 is 0 Å². The summed E-state index contributed by atoms with van der Waals surface area (Å²) in [6.07, 6.45) is 10.3. The van der Waals surface area contributed by atoms with Gasteiger partial charge in [-0.1, -0.05) is 12.8 Å². The topological polar surface area (TPSA) is 32.3 Å². The molecule has 116 valence electrons. The molecule has 3 fully saturated rings. The molecular formula is C16H29ClN2O. The Morgan fingerprint density at radius 2 is 1.90 bits per heavy atom. The summed E-state index contributed by atoms with van der Waals surface area (Å²) in [5.74, 6) is 1.73. The molecule has 3 nitrogen and oxygen atoms in total. The van der Waals surface area contributed by atoms with Gasteiger partial charge in [0.15, 0.2) is 0 Å². The van der Waals surface area contributed by atoms with E-state index in [-0.39, 0.29) is 12.4 Å². The first kappa shape index (κ1) is 16.1. The zero-order chi connectivity index (χ0) is 13.3. The van der Waals surface area contributed by atoms with E-state index < -0.39 is 0 Å². The van der Waals surface area contributed by atoms with Crippen LogP contribution in [-0.2, 0) is 4.79 Å². The minimum Gasteiger partial charge on any atom is -0.342 e. The van der Waals surface area contributed by atoms with Gasteiger partial charge in [0.05, 0.1) is 0 Å². The normalized spacial score (nSPS) is 28.4. The fourth-order valence-corrected chi connectivity index (χ4v) is 4.34. The van der Waals surface area contributed by atoms with Gasteiger partial charge in [0.25, 0.3) is 0 Å². The van der Waals surface area contributed by atoms with E-state index in [1.165, 1.54) is 51.4 Å². The zero-order valence-electron chi connectivity index (χ0n) is 12.7. The highest BCUT2D eigenvalue weighted by molar-refractivity contribution is 5.85. The monoisotopic (exact) mass is 300 g/mol. The van der Waals surface area contributed by atoms with E-state index in [0.717, 1.165) is 25.6 Å². The van der Waals surface area contributed by atoms with Crippen LogP contribution in [0, 0.1) is 17.3 Å². The van der Waals surface area contributed by atoms with E-state index in [1.54, 1.807) is 0 Å². The molecule has 0 bridgehead atoms. The third kappa shape index (κ3) is 3.14. The Morgan fingerprint density at radius 3 is 2.50 bits per heavy atom. The number of piperidine rings is 1. The van der Waals surface area contributed by atoms with Gasteiger partial charge in [-0.15, -0.1) is 12.4 Å². The molecule has 20 heavy (non-hydrogen) atoms. The molecule has 0 aromatic heterocycles. The summed E-state index contributed by atoms with van der Waals surface area (Å²) in [7, 11) is 2.02. The second-order valence-electron chi connectivity index (χ2n) is 6.99. The van der Waals surface area contributed by atoms with E-state index in [9.17, 15) is 4.79 Å². The van der Waals surface area contributed by atoms with Gasteiger partial charge in [-0.05, 0) is 63.5 Å². The van der Waals surface area contributed by atoms with Crippen molar-refractivity contribution in [1.82, 2.24) is 10.2 Å². The molecule has 1 amide bonds. The van der Waals surface area contributed by atoms with Gasteiger partial charge in [0.1, 0.15) is 0 Å². The third-order valence-electron chi connectivity index (χ3n) is 5.82. The second kappa shape index (κ2) is 6.65. The molecule has 0 aromatic rings. The highest BCUT2D eigenvalue weighted by Crippen LogP contribution is 2.63. The van der Waals surface area contributed by atoms with Crippen LogP contribution in [0.15, 0.2) is 0 Å². The number of likely N-dealkylation sites (tertiary alicyclic amines) is 1. The van der Waals surface area contributed by atoms with Gasteiger partial charge in [0.2, 0.25) is 5.91 Å². The number of hydrogen-bond acceptors (Lipinski definition) is 2. The summed E-state index contributed by atoms with van der Waals surface area (Å²) < 4.78 is 0. The Kier molecular flexibility index (Phi) is 5.36. The van der Waals surface area contributed by atoms with E-state index in [4.69, 9.17) is 0 Å². The Hall–Kier alpha value is -0.280. The third-order valence-corrected chi connectivity index (χ3v) is 5.82. The molecule has 1 unspecified atom stereocenters. The summed E-state index contributed by atoms with van der Waals surface area (Å²) in [6.45, 7) is 3.14. The van der Waals surface area contributed by atoms with Crippen LogP contribution < -0.4 is 5.32 Å². The molecule has 0 aromatic carbocycles. The minimum absolute atomic E-state index is 0. The van der Waals surface area contributed by atoms with Gasteiger partial charge in [-0.2, -0.15) is 0 Å². The highest BCUT2D eigenvalue weighted by Gasteiger charge is 2.59. The number of halogens is 1. The molecule has 2 saturated carbocycles. The number of carbonyl (C=O) groups is 1. The summed E-state index contributed by atoms with van der Waals surface area (Å²) in [5.41, 5.74) is 0.472. The van der Waals surface area contributed by atoms with Gasteiger partial charge in [-0.25, -0.2) is 0 Å². The lowest BCUT2D eigenvalue weighted by Crippen LogP contribution is -2.40. The second-order valence-corrected chi connectivity index (χ2v) is 6.99. The fourth-order valence-electron chi connectivity index (χ4n) is 4.34. The zero-order valence-corrected chi connectivity index (χ0v) is 13.5. The Balaban J connectivity index is 0.00000147. The molecule has 3 aliphatic rings. The average molecular weight is 301 g/mol. The summed E-state index contributed by atoms with van der Waals surface area (Å²) >= 11 is 0. The summed E-state index contributed by atoms with van der Waals surface area (Å²) in [5, 5.41) is 3.23. The lowest BCUT2D eigenvalue weighted by molar-refractivity contribution is -0.134. The molecule has 1 heterocycles. The Morgan fingerprint density at radius 1 is 1.25 bits per heavy atom. The van der Waals surface area contributed by atoms with Crippen molar-refractivity contribution in [2.75, 3.05) is 26.7 Å². The van der Waals surface area contributed by atoms with Crippen LogP contribution in [0.3, 0.4) is 0 Å². The molecule has 1 N–H and O–H groups in total. The number of carbonyl (C=O) groups excluding carboxylic acids is 1. The molecule has 1 saturated heterocycles. The van der Waals surface area contributed by atoms with Gasteiger partial charge < -0.3 is 10.2 Å². The van der Waals surface area contributed by atoms with Crippen molar-refractivity contribution >= 4 is 18.3 Å². The smallest absolute Gasteiger partial charge is 0.226 e. The van der Waals surface area contributed by atoms with Crippen molar-refractivity contribution in [3.63, 3.8) is 0 Å². The van der Waals surface area contributed by atoms with E-state index in [2.05, 4.69) is 10.2 Å². The van der Waals surface area contributed by atoms with Crippen LogP contribution in [0.5, 0.6) is 0 Å². The highest BCUT2D eigenvalue weighted by atomic mass is 35.5. The van der Waals surface area contributed by atoms with Crippen molar-refractivity contribution < 1.29 is 4.79 Å². The maximum atomic E-state index is 12.6. The minimum atomic E-state index is 0. The molecule has 1 atom stereocenters. The quantitative estimate of drug-likeness (QED) is 0.866. The van der Waals surface area contributed by atoms with Crippen LogP contribution >= 0.6 is 12.4 Å². The fraction of sp³-hybridized carbons (Fsp3) is 0.938. The summed E-state index contributed by atoms with van der Waals surface area (Å²) in [6, 6.07) is 0. The maximum Gasteiger partial charge on any atom is 0.226 e. The van der Waals surface area contributed by atoms with Gasteiger partial charge in [-0.3, -0.25) is 4.79 Å². The predicted octanol–water partition coefficient (Wildman–Crippen LogP) is 2.84.